The van der Waals surface area contributed by atoms with Gasteiger partial charge in [-0.25, -0.2) is 9.97 Å². The quantitative estimate of drug-likeness (QED) is 0.899. The van der Waals surface area contributed by atoms with E-state index in [2.05, 4.69) is 29.9 Å². The fourth-order valence-electron chi connectivity index (χ4n) is 3.50. The molecule has 0 bridgehead atoms. The summed E-state index contributed by atoms with van der Waals surface area (Å²) in [5.41, 5.74) is 8.90. The van der Waals surface area contributed by atoms with Gasteiger partial charge < -0.3 is 10.6 Å². The van der Waals surface area contributed by atoms with Gasteiger partial charge in [-0.3, -0.25) is 0 Å². The van der Waals surface area contributed by atoms with Gasteiger partial charge in [-0.2, -0.15) is 0 Å². The van der Waals surface area contributed by atoms with E-state index in [1.54, 1.807) is 0 Å². The second-order valence-electron chi connectivity index (χ2n) is 7.06. The van der Waals surface area contributed by atoms with Crippen molar-refractivity contribution >= 4 is 5.95 Å². The lowest BCUT2D eigenvalue weighted by Gasteiger charge is -2.36. The van der Waals surface area contributed by atoms with E-state index in [9.17, 15) is 0 Å². The molecule has 20 heavy (non-hydrogen) atoms. The Balaban J connectivity index is 1.85. The van der Waals surface area contributed by atoms with Crippen LogP contribution in [0.15, 0.2) is 6.20 Å². The van der Waals surface area contributed by atoms with E-state index in [0.29, 0.717) is 18.0 Å². The number of hydrogen-bond acceptors (Lipinski definition) is 4. The minimum absolute atomic E-state index is 0.392. The SMILES string of the molecule is CC1(C)CCc2nc(N3CCCCC3CN)ncc2C1. The third-order valence-corrected chi connectivity index (χ3v) is 4.81. The van der Waals surface area contributed by atoms with Gasteiger partial charge in [0.15, 0.2) is 0 Å². The van der Waals surface area contributed by atoms with Crippen LogP contribution in [0.5, 0.6) is 0 Å². The smallest absolute Gasteiger partial charge is 0.225 e. The second kappa shape index (κ2) is 5.32. The van der Waals surface area contributed by atoms with Crippen molar-refractivity contribution < 1.29 is 0 Å². The molecule has 4 nitrogen and oxygen atoms in total. The Morgan fingerprint density at radius 2 is 2.25 bits per heavy atom. The molecule has 110 valence electrons. The van der Waals surface area contributed by atoms with Crippen molar-refractivity contribution in [3.8, 4) is 0 Å². The highest BCUT2D eigenvalue weighted by Gasteiger charge is 2.28. The molecule has 2 heterocycles. The third-order valence-electron chi connectivity index (χ3n) is 4.81. The van der Waals surface area contributed by atoms with E-state index >= 15 is 0 Å². The normalized spacial score (nSPS) is 25.4. The molecule has 1 saturated heterocycles. The molecule has 1 aliphatic heterocycles. The minimum atomic E-state index is 0.392. The number of hydrogen-bond donors (Lipinski definition) is 1. The number of nitrogens with zero attached hydrogens (tertiary/aromatic N) is 3. The average Bonchev–Trinajstić information content (AvgIpc) is 2.46. The van der Waals surface area contributed by atoms with Crippen molar-refractivity contribution in [2.75, 3.05) is 18.0 Å². The van der Waals surface area contributed by atoms with E-state index in [1.807, 2.05) is 0 Å². The van der Waals surface area contributed by atoms with Crippen molar-refractivity contribution in [1.82, 2.24) is 9.97 Å². The van der Waals surface area contributed by atoms with Crippen molar-refractivity contribution in [3.05, 3.63) is 17.5 Å². The van der Waals surface area contributed by atoms with Crippen LogP contribution in [0.25, 0.3) is 0 Å². The van der Waals surface area contributed by atoms with Gasteiger partial charge in [0.2, 0.25) is 5.95 Å². The maximum Gasteiger partial charge on any atom is 0.225 e. The van der Waals surface area contributed by atoms with Crippen LogP contribution in [0.2, 0.25) is 0 Å². The zero-order valence-corrected chi connectivity index (χ0v) is 12.7. The lowest BCUT2D eigenvalue weighted by Crippen LogP contribution is -2.45. The zero-order chi connectivity index (χ0) is 14.2. The van der Waals surface area contributed by atoms with Gasteiger partial charge in [-0.1, -0.05) is 13.8 Å². The lowest BCUT2D eigenvalue weighted by atomic mass is 9.76. The predicted molar refractivity (Wildman–Crippen MR) is 81.9 cm³/mol. The first-order valence-corrected chi connectivity index (χ1v) is 7.90. The maximum absolute atomic E-state index is 5.91. The molecule has 0 saturated carbocycles. The van der Waals surface area contributed by atoms with Gasteiger partial charge in [0, 0.05) is 31.0 Å². The highest BCUT2D eigenvalue weighted by atomic mass is 15.3. The third kappa shape index (κ3) is 2.66. The molecule has 1 fully saturated rings. The summed E-state index contributed by atoms with van der Waals surface area (Å²) in [5.74, 6) is 0.901. The van der Waals surface area contributed by atoms with Crippen LogP contribution < -0.4 is 10.6 Å². The fourth-order valence-corrected chi connectivity index (χ4v) is 3.50. The fraction of sp³-hybridized carbons (Fsp3) is 0.750. The highest BCUT2D eigenvalue weighted by Crippen LogP contribution is 2.34. The summed E-state index contributed by atoms with van der Waals surface area (Å²) in [6, 6.07) is 0.418. The summed E-state index contributed by atoms with van der Waals surface area (Å²) in [6.45, 7) is 6.41. The van der Waals surface area contributed by atoms with Crippen LogP contribution in [0, 0.1) is 5.41 Å². The first-order valence-electron chi connectivity index (χ1n) is 7.90. The van der Waals surface area contributed by atoms with E-state index in [0.717, 1.165) is 25.3 Å². The summed E-state index contributed by atoms with van der Waals surface area (Å²) in [5, 5.41) is 0. The van der Waals surface area contributed by atoms with E-state index in [-0.39, 0.29) is 0 Å². The number of fused-ring (bicyclic) bond motifs is 1. The van der Waals surface area contributed by atoms with Crippen LogP contribution in [0.3, 0.4) is 0 Å². The minimum Gasteiger partial charge on any atom is -0.337 e. The topological polar surface area (TPSA) is 55.0 Å². The lowest BCUT2D eigenvalue weighted by molar-refractivity contribution is 0.311. The van der Waals surface area contributed by atoms with Gasteiger partial charge in [-0.15, -0.1) is 0 Å². The molecule has 0 spiro atoms. The second-order valence-corrected chi connectivity index (χ2v) is 7.06. The molecule has 0 radical (unpaired) electrons. The van der Waals surface area contributed by atoms with E-state index in [1.165, 1.54) is 36.9 Å². The average molecular weight is 274 g/mol. The van der Waals surface area contributed by atoms with Crippen molar-refractivity contribution in [2.24, 2.45) is 11.1 Å². The maximum atomic E-state index is 5.91. The Kier molecular flexibility index (Phi) is 3.67. The van der Waals surface area contributed by atoms with Gasteiger partial charge >= 0.3 is 0 Å². The number of anilines is 1. The number of nitrogens with two attached hydrogens (primary N) is 1. The first-order chi connectivity index (χ1) is 9.59. The van der Waals surface area contributed by atoms with Crippen molar-refractivity contribution in [1.29, 1.82) is 0 Å². The molecule has 1 aromatic heterocycles. The van der Waals surface area contributed by atoms with Crippen LogP contribution in [-0.4, -0.2) is 29.1 Å². The van der Waals surface area contributed by atoms with Crippen molar-refractivity contribution in [3.63, 3.8) is 0 Å². The zero-order valence-electron chi connectivity index (χ0n) is 12.7. The molecular weight excluding hydrogens is 248 g/mol. The van der Waals surface area contributed by atoms with Crippen molar-refractivity contribution in [2.45, 2.75) is 58.4 Å². The Morgan fingerprint density at radius 3 is 3.05 bits per heavy atom. The number of aryl methyl sites for hydroxylation is 1. The predicted octanol–water partition coefficient (Wildman–Crippen LogP) is 2.31. The standard InChI is InChI=1S/C16H26N4/c1-16(2)7-6-14-12(9-16)11-18-15(19-14)20-8-4-3-5-13(20)10-17/h11,13H,3-10,17H2,1-2H3. The summed E-state index contributed by atoms with van der Waals surface area (Å²) < 4.78 is 0. The largest absolute Gasteiger partial charge is 0.337 e. The molecule has 1 aliphatic carbocycles. The summed E-state index contributed by atoms with van der Waals surface area (Å²) >= 11 is 0. The first kappa shape index (κ1) is 13.8. The molecule has 2 N–H and O–H groups in total. The molecule has 1 aromatic rings. The number of rotatable bonds is 2. The molecule has 2 aliphatic rings. The highest BCUT2D eigenvalue weighted by molar-refractivity contribution is 5.36. The van der Waals surface area contributed by atoms with Gasteiger partial charge in [0.05, 0.1) is 0 Å². The number of piperidine rings is 1. The Hall–Kier alpha value is -1.16. The van der Waals surface area contributed by atoms with Crippen LogP contribution in [0.1, 0.15) is 50.8 Å². The summed E-state index contributed by atoms with van der Waals surface area (Å²) in [6.07, 6.45) is 9.13. The molecule has 4 heteroatoms. The van der Waals surface area contributed by atoms with Gasteiger partial charge in [-0.05, 0) is 49.5 Å². The van der Waals surface area contributed by atoms with Gasteiger partial charge in [0.1, 0.15) is 0 Å². The molecular formula is C16H26N4. The van der Waals surface area contributed by atoms with E-state index < -0.39 is 0 Å². The Morgan fingerprint density at radius 1 is 1.40 bits per heavy atom. The number of aromatic nitrogens is 2. The molecule has 1 unspecified atom stereocenters. The van der Waals surface area contributed by atoms with Crippen LogP contribution in [0.4, 0.5) is 5.95 Å². The Bertz CT molecular complexity index is 483. The summed E-state index contributed by atoms with van der Waals surface area (Å²) in [7, 11) is 0. The van der Waals surface area contributed by atoms with Crippen LogP contribution >= 0.6 is 0 Å². The molecule has 1 atom stereocenters. The molecule has 0 aromatic carbocycles. The monoisotopic (exact) mass is 274 g/mol. The molecule has 3 rings (SSSR count). The molecule has 0 amide bonds. The Labute approximate surface area is 121 Å². The van der Waals surface area contributed by atoms with Gasteiger partial charge in [0.25, 0.3) is 0 Å². The van der Waals surface area contributed by atoms with E-state index in [4.69, 9.17) is 10.7 Å². The van der Waals surface area contributed by atoms with Crippen LogP contribution in [-0.2, 0) is 12.8 Å². The summed E-state index contributed by atoms with van der Waals surface area (Å²) in [4.78, 5) is 11.8.